The molecule has 0 spiro atoms. The Morgan fingerprint density at radius 3 is 2.57 bits per heavy atom. The third kappa shape index (κ3) is 3.15. The third-order valence-corrected chi connectivity index (χ3v) is 5.43. The first kappa shape index (κ1) is 17.0. The molecule has 0 radical (unpaired) electrons. The molecule has 8 heteroatoms. The largest absolute Gasteiger partial charge is 0.463 e. The molecule has 8 nitrogen and oxygen atoms in total. The first-order valence-electron chi connectivity index (χ1n) is 9.65. The maximum atomic E-state index is 13.0. The molecule has 0 aromatic carbocycles. The molecule has 0 bridgehead atoms. The van der Waals surface area contributed by atoms with E-state index in [1.807, 2.05) is 17.0 Å². The third-order valence-electron chi connectivity index (χ3n) is 5.43. The lowest BCUT2D eigenvalue weighted by Gasteiger charge is -2.35. The number of nitrogens with zero attached hydrogens (tertiary/aromatic N) is 6. The number of rotatable bonds is 4. The Morgan fingerprint density at radius 2 is 1.93 bits per heavy atom. The molecule has 4 heterocycles. The van der Waals surface area contributed by atoms with Gasteiger partial charge in [-0.15, -0.1) is 5.10 Å². The van der Waals surface area contributed by atoms with Gasteiger partial charge in [0.25, 0.3) is 5.91 Å². The average Bonchev–Trinajstić information content (AvgIpc) is 3.29. The molecule has 28 heavy (non-hydrogen) atoms. The van der Waals surface area contributed by atoms with Gasteiger partial charge in [0.05, 0.1) is 12.0 Å². The minimum atomic E-state index is -0.0115. The molecule has 0 unspecified atom stereocenters. The van der Waals surface area contributed by atoms with Crippen molar-refractivity contribution in [2.45, 2.75) is 18.8 Å². The van der Waals surface area contributed by atoms with Crippen molar-refractivity contribution in [3.05, 3.63) is 48.0 Å². The van der Waals surface area contributed by atoms with Gasteiger partial charge in [0, 0.05) is 45.2 Å². The summed E-state index contributed by atoms with van der Waals surface area (Å²) in [4.78, 5) is 17.0. The molecular weight excluding hydrogens is 356 g/mol. The van der Waals surface area contributed by atoms with Gasteiger partial charge in [-0.2, -0.15) is 10.2 Å². The fourth-order valence-electron chi connectivity index (χ4n) is 3.61. The summed E-state index contributed by atoms with van der Waals surface area (Å²) in [6.07, 6.45) is 4.06. The van der Waals surface area contributed by atoms with E-state index in [0.29, 0.717) is 36.2 Å². The van der Waals surface area contributed by atoms with Crippen LogP contribution in [-0.2, 0) is 7.05 Å². The lowest BCUT2D eigenvalue weighted by molar-refractivity contribution is 0.0735. The second kappa shape index (κ2) is 6.78. The summed E-state index contributed by atoms with van der Waals surface area (Å²) in [6.45, 7) is 2.77. The van der Waals surface area contributed by atoms with Crippen molar-refractivity contribution in [2.24, 2.45) is 7.05 Å². The first-order valence-corrected chi connectivity index (χ1v) is 9.65. The summed E-state index contributed by atoms with van der Waals surface area (Å²) in [5.74, 6) is 2.15. The van der Waals surface area contributed by atoms with Crippen LogP contribution in [0.5, 0.6) is 0 Å². The van der Waals surface area contributed by atoms with Crippen LogP contribution in [0, 0.1) is 0 Å². The number of carbonyl (C=O) groups is 1. The number of amides is 1. The molecule has 1 aliphatic heterocycles. The van der Waals surface area contributed by atoms with Gasteiger partial charge < -0.3 is 14.2 Å². The van der Waals surface area contributed by atoms with Crippen LogP contribution in [0.4, 0.5) is 5.82 Å². The number of furan rings is 1. The maximum absolute atomic E-state index is 13.0. The fraction of sp³-hybridized carbons (Fsp3) is 0.400. The summed E-state index contributed by atoms with van der Waals surface area (Å²) in [7, 11) is 1.78. The van der Waals surface area contributed by atoms with Crippen molar-refractivity contribution in [3.8, 4) is 11.5 Å². The monoisotopic (exact) mass is 378 g/mol. The van der Waals surface area contributed by atoms with Crippen LogP contribution in [0.3, 0.4) is 0 Å². The standard InChI is InChI=1S/C20H22N6O2/c1-24-17(13-16(23-24)18-3-2-12-28-18)20(27)26-10-8-25(9-11-26)19-7-6-15(21-22-19)14-4-5-14/h2-3,6-7,12-14H,4-5,8-11H2,1H3. The van der Waals surface area contributed by atoms with Crippen LogP contribution in [0.25, 0.3) is 11.5 Å². The SMILES string of the molecule is Cn1nc(-c2ccco2)cc1C(=O)N1CCN(c2ccc(C3CC3)nn2)CC1. The Kier molecular flexibility index (Phi) is 4.11. The average molecular weight is 378 g/mol. The van der Waals surface area contributed by atoms with Crippen LogP contribution in [0.15, 0.2) is 41.0 Å². The highest BCUT2D eigenvalue weighted by molar-refractivity contribution is 5.93. The van der Waals surface area contributed by atoms with Crippen LogP contribution in [0.1, 0.15) is 34.9 Å². The Hall–Kier alpha value is -3.16. The number of hydrogen-bond donors (Lipinski definition) is 0. The highest BCUT2D eigenvalue weighted by Crippen LogP contribution is 2.38. The molecule has 144 valence electrons. The Labute approximate surface area is 162 Å². The van der Waals surface area contributed by atoms with E-state index in [0.717, 1.165) is 24.6 Å². The van der Waals surface area contributed by atoms with Crippen molar-refractivity contribution in [1.29, 1.82) is 0 Å². The predicted molar refractivity (Wildman–Crippen MR) is 103 cm³/mol. The van der Waals surface area contributed by atoms with E-state index in [4.69, 9.17) is 4.42 Å². The van der Waals surface area contributed by atoms with Crippen LogP contribution < -0.4 is 4.90 Å². The zero-order chi connectivity index (χ0) is 19.1. The molecule has 3 aromatic rings. The zero-order valence-electron chi connectivity index (χ0n) is 15.8. The zero-order valence-corrected chi connectivity index (χ0v) is 15.8. The van der Waals surface area contributed by atoms with E-state index in [-0.39, 0.29) is 5.91 Å². The highest BCUT2D eigenvalue weighted by atomic mass is 16.3. The van der Waals surface area contributed by atoms with E-state index < -0.39 is 0 Å². The predicted octanol–water partition coefficient (Wildman–Crippen LogP) is 2.31. The lowest BCUT2D eigenvalue weighted by atomic mass is 10.2. The van der Waals surface area contributed by atoms with Gasteiger partial charge >= 0.3 is 0 Å². The molecule has 1 aliphatic carbocycles. The first-order chi connectivity index (χ1) is 13.7. The smallest absolute Gasteiger partial charge is 0.272 e. The van der Waals surface area contributed by atoms with E-state index in [1.54, 1.807) is 24.1 Å². The quantitative estimate of drug-likeness (QED) is 0.693. The molecule has 1 saturated carbocycles. The number of hydrogen-bond acceptors (Lipinski definition) is 6. The summed E-state index contributed by atoms with van der Waals surface area (Å²) >= 11 is 0. The van der Waals surface area contributed by atoms with Gasteiger partial charge in [-0.3, -0.25) is 9.48 Å². The van der Waals surface area contributed by atoms with E-state index in [1.165, 1.54) is 12.8 Å². The summed E-state index contributed by atoms with van der Waals surface area (Å²) in [5.41, 5.74) is 2.33. The molecule has 1 saturated heterocycles. The normalized spacial score (nSPS) is 17.2. The number of piperazine rings is 1. The van der Waals surface area contributed by atoms with Gasteiger partial charge in [-0.25, -0.2) is 0 Å². The van der Waals surface area contributed by atoms with Crippen molar-refractivity contribution >= 4 is 11.7 Å². The second-order valence-corrected chi connectivity index (χ2v) is 7.39. The molecule has 5 rings (SSSR count). The van der Waals surface area contributed by atoms with Crippen molar-refractivity contribution < 1.29 is 9.21 Å². The molecule has 3 aromatic heterocycles. The minimum Gasteiger partial charge on any atom is -0.463 e. The summed E-state index contributed by atoms with van der Waals surface area (Å²) in [6, 6.07) is 9.57. The maximum Gasteiger partial charge on any atom is 0.272 e. The van der Waals surface area contributed by atoms with Crippen LogP contribution in [-0.4, -0.2) is 57.0 Å². The van der Waals surface area contributed by atoms with Gasteiger partial charge in [0.1, 0.15) is 11.4 Å². The number of carbonyl (C=O) groups excluding carboxylic acids is 1. The van der Waals surface area contributed by atoms with Gasteiger partial charge in [0.15, 0.2) is 11.6 Å². The van der Waals surface area contributed by atoms with Crippen LogP contribution in [0.2, 0.25) is 0 Å². The molecule has 0 atom stereocenters. The Morgan fingerprint density at radius 1 is 1.11 bits per heavy atom. The number of aromatic nitrogens is 4. The topological polar surface area (TPSA) is 80.3 Å². The van der Waals surface area contributed by atoms with Crippen molar-refractivity contribution in [3.63, 3.8) is 0 Å². The van der Waals surface area contributed by atoms with E-state index in [2.05, 4.69) is 32.3 Å². The van der Waals surface area contributed by atoms with Gasteiger partial charge in [-0.05, 0) is 37.1 Å². The number of aryl methyl sites for hydroxylation is 1. The minimum absolute atomic E-state index is 0.0115. The molecule has 2 aliphatic rings. The molecular formula is C20H22N6O2. The number of anilines is 1. The molecule has 2 fully saturated rings. The fourth-order valence-corrected chi connectivity index (χ4v) is 3.61. The second-order valence-electron chi connectivity index (χ2n) is 7.39. The summed E-state index contributed by atoms with van der Waals surface area (Å²) in [5, 5.41) is 13.2. The lowest BCUT2D eigenvalue weighted by Crippen LogP contribution is -2.49. The Balaban J connectivity index is 1.24. The summed E-state index contributed by atoms with van der Waals surface area (Å²) < 4.78 is 7.00. The Bertz CT molecular complexity index is 967. The molecule has 0 N–H and O–H groups in total. The van der Waals surface area contributed by atoms with Gasteiger partial charge in [-0.1, -0.05) is 0 Å². The van der Waals surface area contributed by atoms with Crippen LogP contribution >= 0.6 is 0 Å². The van der Waals surface area contributed by atoms with Gasteiger partial charge in [0.2, 0.25) is 0 Å². The van der Waals surface area contributed by atoms with E-state index >= 15 is 0 Å². The van der Waals surface area contributed by atoms with E-state index in [9.17, 15) is 4.79 Å². The van der Waals surface area contributed by atoms with Crippen molar-refractivity contribution in [1.82, 2.24) is 24.9 Å². The van der Waals surface area contributed by atoms with Crippen molar-refractivity contribution in [2.75, 3.05) is 31.1 Å². The highest BCUT2D eigenvalue weighted by Gasteiger charge is 2.27. The molecule has 1 amide bonds.